The molecule has 0 fully saturated rings. The molecule has 3 rings (SSSR count). The number of fused-ring (bicyclic) bond motifs is 1. The van der Waals surface area contributed by atoms with Crippen LogP contribution in [0.3, 0.4) is 0 Å². The Kier molecular flexibility index (Phi) is 2.69. The van der Waals surface area contributed by atoms with Crippen LogP contribution in [0.5, 0.6) is 0 Å². The van der Waals surface area contributed by atoms with Gasteiger partial charge in [-0.25, -0.2) is 9.37 Å². The highest BCUT2D eigenvalue weighted by Crippen LogP contribution is 2.35. The van der Waals surface area contributed by atoms with E-state index in [0.29, 0.717) is 15.6 Å². The summed E-state index contributed by atoms with van der Waals surface area (Å²) in [5.41, 5.74) is 7.27. The number of anilines is 1. The number of rotatable bonds is 1. The normalized spacial score (nSPS) is 11.0. The third kappa shape index (κ3) is 1.83. The highest BCUT2D eigenvalue weighted by Gasteiger charge is 2.11. The van der Waals surface area contributed by atoms with Crippen molar-refractivity contribution in [1.29, 1.82) is 0 Å². The summed E-state index contributed by atoms with van der Waals surface area (Å²) in [6, 6.07) is 10.2. The van der Waals surface area contributed by atoms with Gasteiger partial charge in [0.25, 0.3) is 0 Å². The third-order valence-electron chi connectivity index (χ3n) is 2.63. The van der Waals surface area contributed by atoms with Gasteiger partial charge in [0, 0.05) is 10.6 Å². The zero-order chi connectivity index (χ0) is 12.7. The van der Waals surface area contributed by atoms with Gasteiger partial charge in [0.1, 0.15) is 10.8 Å². The van der Waals surface area contributed by atoms with Crippen LogP contribution in [0.15, 0.2) is 36.4 Å². The topological polar surface area (TPSA) is 38.9 Å². The van der Waals surface area contributed by atoms with Gasteiger partial charge in [-0.1, -0.05) is 17.7 Å². The molecule has 0 atom stereocenters. The van der Waals surface area contributed by atoms with E-state index in [9.17, 15) is 4.39 Å². The van der Waals surface area contributed by atoms with Crippen LogP contribution in [0, 0.1) is 5.82 Å². The van der Waals surface area contributed by atoms with Gasteiger partial charge in [0.05, 0.1) is 15.9 Å². The zero-order valence-electron chi connectivity index (χ0n) is 9.15. The first-order valence-electron chi connectivity index (χ1n) is 5.25. The lowest BCUT2D eigenvalue weighted by atomic mass is 10.2. The third-order valence-corrected chi connectivity index (χ3v) is 3.94. The second-order valence-electron chi connectivity index (χ2n) is 3.83. The molecule has 5 heteroatoms. The number of nitrogen functional groups attached to an aromatic ring is 1. The minimum absolute atomic E-state index is 0.127. The molecule has 1 aromatic heterocycles. The van der Waals surface area contributed by atoms with Crippen molar-refractivity contribution in [3.8, 4) is 10.6 Å². The van der Waals surface area contributed by atoms with Crippen LogP contribution in [0.1, 0.15) is 0 Å². The summed E-state index contributed by atoms with van der Waals surface area (Å²) < 4.78 is 14.4. The summed E-state index contributed by atoms with van der Waals surface area (Å²) >= 11 is 7.38. The van der Waals surface area contributed by atoms with Gasteiger partial charge >= 0.3 is 0 Å². The molecule has 2 aromatic carbocycles. The van der Waals surface area contributed by atoms with Crippen LogP contribution >= 0.6 is 22.9 Å². The summed E-state index contributed by atoms with van der Waals surface area (Å²) in [6.07, 6.45) is 0. The van der Waals surface area contributed by atoms with Gasteiger partial charge in [-0.2, -0.15) is 0 Å². The average Bonchev–Trinajstić information content (AvgIpc) is 2.75. The lowest BCUT2D eigenvalue weighted by Gasteiger charge is -2.01. The Morgan fingerprint density at radius 2 is 2.06 bits per heavy atom. The SMILES string of the molecule is Nc1c(F)cccc1-c1nc2cc(Cl)ccc2s1. The van der Waals surface area contributed by atoms with Crippen molar-refractivity contribution < 1.29 is 4.39 Å². The quantitative estimate of drug-likeness (QED) is 0.673. The van der Waals surface area contributed by atoms with Gasteiger partial charge in [0.15, 0.2) is 0 Å². The standard InChI is InChI=1S/C13H8ClFN2S/c14-7-4-5-11-10(6-7)17-13(18-11)8-2-1-3-9(15)12(8)16/h1-6H,16H2. The molecule has 0 spiro atoms. The maximum absolute atomic E-state index is 13.4. The maximum atomic E-state index is 13.4. The van der Waals surface area contributed by atoms with Crippen LogP contribution in [-0.2, 0) is 0 Å². The molecule has 0 radical (unpaired) electrons. The van der Waals surface area contributed by atoms with Crippen LogP contribution < -0.4 is 5.73 Å². The van der Waals surface area contributed by atoms with Crippen molar-refractivity contribution in [3.63, 3.8) is 0 Å². The van der Waals surface area contributed by atoms with Crippen molar-refractivity contribution in [2.45, 2.75) is 0 Å². The predicted octanol–water partition coefficient (Wildman–Crippen LogP) is 4.34. The number of hydrogen-bond acceptors (Lipinski definition) is 3. The fourth-order valence-electron chi connectivity index (χ4n) is 1.74. The number of benzene rings is 2. The molecule has 0 aliphatic carbocycles. The molecule has 3 aromatic rings. The highest BCUT2D eigenvalue weighted by molar-refractivity contribution is 7.21. The highest BCUT2D eigenvalue weighted by atomic mass is 35.5. The number of nitrogens with two attached hydrogens (primary N) is 1. The van der Waals surface area contributed by atoms with Crippen LogP contribution in [-0.4, -0.2) is 4.98 Å². The molecule has 0 saturated heterocycles. The van der Waals surface area contributed by atoms with Crippen molar-refractivity contribution in [2.75, 3.05) is 5.73 Å². The molecule has 2 N–H and O–H groups in total. The van der Waals surface area contributed by atoms with E-state index in [4.69, 9.17) is 17.3 Å². The Balaban J connectivity index is 2.22. The molecule has 18 heavy (non-hydrogen) atoms. The van der Waals surface area contributed by atoms with Crippen LogP contribution in [0.4, 0.5) is 10.1 Å². The fourth-order valence-corrected chi connectivity index (χ4v) is 2.89. The smallest absolute Gasteiger partial charge is 0.146 e. The molecule has 0 aliphatic rings. The molecule has 0 aliphatic heterocycles. The van der Waals surface area contributed by atoms with E-state index in [2.05, 4.69) is 4.98 Å². The largest absolute Gasteiger partial charge is 0.396 e. The van der Waals surface area contributed by atoms with E-state index in [1.165, 1.54) is 17.4 Å². The van der Waals surface area contributed by atoms with Crippen molar-refractivity contribution in [2.24, 2.45) is 0 Å². The number of nitrogens with zero attached hydrogens (tertiary/aromatic N) is 1. The summed E-state index contributed by atoms with van der Waals surface area (Å²) in [6.45, 7) is 0. The molecule has 2 nitrogen and oxygen atoms in total. The van der Waals surface area contributed by atoms with Crippen molar-refractivity contribution in [1.82, 2.24) is 4.98 Å². The van der Waals surface area contributed by atoms with Crippen LogP contribution in [0.25, 0.3) is 20.8 Å². The Labute approximate surface area is 112 Å². The summed E-state index contributed by atoms with van der Waals surface area (Å²) in [4.78, 5) is 4.43. The lowest BCUT2D eigenvalue weighted by molar-refractivity contribution is 0.633. The number of halogens is 2. The average molecular weight is 279 g/mol. The second kappa shape index (κ2) is 4.23. The van der Waals surface area contributed by atoms with Gasteiger partial charge < -0.3 is 5.73 Å². The Morgan fingerprint density at radius 3 is 2.89 bits per heavy atom. The van der Waals surface area contributed by atoms with Gasteiger partial charge in [0.2, 0.25) is 0 Å². The number of hydrogen-bond donors (Lipinski definition) is 1. The lowest BCUT2D eigenvalue weighted by Crippen LogP contribution is -1.93. The first kappa shape index (κ1) is 11.4. The summed E-state index contributed by atoms with van der Waals surface area (Å²) in [5.74, 6) is -0.426. The van der Waals surface area contributed by atoms with E-state index < -0.39 is 5.82 Å². The molecular formula is C13H8ClFN2S. The fraction of sp³-hybridized carbons (Fsp3) is 0. The van der Waals surface area contributed by atoms with E-state index in [-0.39, 0.29) is 5.69 Å². The Bertz CT molecular complexity index is 739. The van der Waals surface area contributed by atoms with Gasteiger partial charge in [-0.05, 0) is 30.3 Å². The predicted molar refractivity (Wildman–Crippen MR) is 74.4 cm³/mol. The van der Waals surface area contributed by atoms with Gasteiger partial charge in [-0.3, -0.25) is 0 Å². The minimum Gasteiger partial charge on any atom is -0.396 e. The first-order chi connectivity index (χ1) is 8.65. The number of aromatic nitrogens is 1. The molecule has 0 unspecified atom stereocenters. The first-order valence-corrected chi connectivity index (χ1v) is 6.45. The molecule has 0 amide bonds. The van der Waals surface area contributed by atoms with E-state index in [1.54, 1.807) is 24.3 Å². The van der Waals surface area contributed by atoms with E-state index in [0.717, 1.165) is 10.2 Å². The molecule has 0 bridgehead atoms. The molecule has 1 heterocycles. The monoisotopic (exact) mass is 278 g/mol. The zero-order valence-corrected chi connectivity index (χ0v) is 10.7. The minimum atomic E-state index is -0.426. The van der Waals surface area contributed by atoms with E-state index in [1.807, 2.05) is 6.07 Å². The van der Waals surface area contributed by atoms with Crippen LogP contribution in [0.2, 0.25) is 5.02 Å². The summed E-state index contributed by atoms with van der Waals surface area (Å²) in [5, 5.41) is 1.33. The van der Waals surface area contributed by atoms with Crippen molar-refractivity contribution >= 4 is 38.8 Å². The second-order valence-corrected chi connectivity index (χ2v) is 5.30. The van der Waals surface area contributed by atoms with E-state index >= 15 is 0 Å². The Morgan fingerprint density at radius 1 is 1.22 bits per heavy atom. The number of para-hydroxylation sites is 1. The molecular weight excluding hydrogens is 271 g/mol. The van der Waals surface area contributed by atoms with Gasteiger partial charge in [-0.15, -0.1) is 11.3 Å². The molecule has 0 saturated carbocycles. The molecule has 90 valence electrons. The maximum Gasteiger partial charge on any atom is 0.146 e. The van der Waals surface area contributed by atoms with Crippen molar-refractivity contribution in [3.05, 3.63) is 47.2 Å². The number of thiazole rings is 1. The summed E-state index contributed by atoms with van der Waals surface area (Å²) in [7, 11) is 0. The Hall–Kier alpha value is -1.65.